The molecule has 18 nitrogen and oxygen atoms in total. The standard InChI is InChI=1S/C13H13NO2.C9H11NO2.C6H9N3O2.C6H15N3O.C4H9NO2/c14-12(13(15)16)8-9-5-6-10-3-1-2-4-11(10)7-9;10-8(9(11)12)6-7-4-2-1-3-5-7;7-5(6(10)11)1-4-2-8-3-9-4;7-4-2-1-3-5(8)6(9)10;1-4(2,5)3(6)7/h1-7,12H,8,14H2,(H,15,16);1-5,8H,6,10H2,(H,11,12);2-3,5H,1,7H2,(H,8,9)(H,10,11);5H,1-4,7-8H2,(H2,9,10);5H2,1-2H3,(H,6,7)/t12-;8-;2*5-;/m0100./s1. The fourth-order valence-corrected chi connectivity index (χ4v) is 4.03. The molecule has 4 rings (SSSR count). The Labute approximate surface area is 325 Å². The van der Waals surface area contributed by atoms with Gasteiger partial charge in [-0.15, -0.1) is 0 Å². The summed E-state index contributed by atoms with van der Waals surface area (Å²) in [6, 6.07) is 20.2. The van der Waals surface area contributed by atoms with Gasteiger partial charge in [0, 0.05) is 12.6 Å². The first kappa shape index (κ1) is 50.2. The molecule has 0 aliphatic heterocycles. The van der Waals surface area contributed by atoms with Gasteiger partial charge in [-0.1, -0.05) is 79.2 Å². The molecular weight excluding hydrogens is 726 g/mol. The van der Waals surface area contributed by atoms with Gasteiger partial charge < -0.3 is 65.5 Å². The van der Waals surface area contributed by atoms with E-state index in [1.54, 1.807) is 6.20 Å². The lowest BCUT2D eigenvalue weighted by Crippen LogP contribution is -2.41. The molecule has 1 heterocycles. The number of nitrogens with one attached hydrogen (secondary N) is 1. The number of amides is 1. The number of hydrogen-bond donors (Lipinski definition) is 12. The van der Waals surface area contributed by atoms with Gasteiger partial charge in [-0.05, 0) is 68.0 Å². The van der Waals surface area contributed by atoms with Crippen molar-refractivity contribution in [2.75, 3.05) is 6.54 Å². The van der Waals surface area contributed by atoms with E-state index in [1.807, 2.05) is 72.8 Å². The summed E-state index contributed by atoms with van der Waals surface area (Å²) in [4.78, 5) is 58.1. The highest BCUT2D eigenvalue weighted by Crippen LogP contribution is 2.16. The van der Waals surface area contributed by atoms with Crippen LogP contribution in [0, 0.1) is 0 Å². The fourth-order valence-electron chi connectivity index (χ4n) is 4.03. The molecule has 0 fully saturated rings. The molecule has 0 aliphatic rings. The maximum Gasteiger partial charge on any atom is 0.323 e. The van der Waals surface area contributed by atoms with Gasteiger partial charge in [0.2, 0.25) is 5.91 Å². The lowest BCUT2D eigenvalue weighted by atomic mass is 10.0. The Bertz CT molecular complexity index is 1750. The van der Waals surface area contributed by atoms with Crippen LogP contribution in [0.2, 0.25) is 0 Å². The number of benzene rings is 3. The Morgan fingerprint density at radius 3 is 1.61 bits per heavy atom. The molecule has 0 unspecified atom stereocenters. The summed E-state index contributed by atoms with van der Waals surface area (Å²) in [6.07, 6.45) is 6.55. The third-order valence-electron chi connectivity index (χ3n) is 7.39. The van der Waals surface area contributed by atoms with E-state index in [-0.39, 0.29) is 6.42 Å². The summed E-state index contributed by atoms with van der Waals surface area (Å²) < 4.78 is 0. The zero-order chi connectivity index (χ0) is 42.8. The number of rotatable bonds is 15. The van der Waals surface area contributed by atoms with Crippen LogP contribution in [0.5, 0.6) is 0 Å². The van der Waals surface area contributed by atoms with Crippen molar-refractivity contribution < 1.29 is 44.4 Å². The maximum atomic E-state index is 10.6. The van der Waals surface area contributed by atoms with Crippen LogP contribution in [-0.4, -0.2) is 96.4 Å². The topological polar surface area (TPSA) is 377 Å². The minimum absolute atomic E-state index is 0.263. The molecule has 0 saturated heterocycles. The molecule has 4 atom stereocenters. The van der Waals surface area contributed by atoms with Crippen LogP contribution in [0.4, 0.5) is 0 Å². The zero-order valence-electron chi connectivity index (χ0n) is 31.7. The normalized spacial score (nSPS) is 12.5. The summed E-state index contributed by atoms with van der Waals surface area (Å²) >= 11 is 0. The highest BCUT2D eigenvalue weighted by atomic mass is 16.4. The van der Waals surface area contributed by atoms with E-state index in [0.717, 1.165) is 34.7 Å². The molecule has 1 amide bonds. The number of primary amides is 1. The number of nitrogens with zero attached hydrogens (tertiary/aromatic N) is 1. The van der Waals surface area contributed by atoms with Crippen LogP contribution < -0.4 is 40.1 Å². The monoisotopic (exact) mass is 783 g/mol. The second-order valence-electron chi connectivity index (χ2n) is 13.0. The number of nitrogens with two attached hydrogens (primary N) is 7. The first-order chi connectivity index (χ1) is 26.2. The molecule has 0 radical (unpaired) electrons. The number of hydrogen-bond acceptors (Lipinski definition) is 12. The molecule has 308 valence electrons. The van der Waals surface area contributed by atoms with E-state index in [9.17, 15) is 24.0 Å². The number of carboxylic acids is 4. The van der Waals surface area contributed by atoms with Crippen LogP contribution in [-0.2, 0) is 43.2 Å². The van der Waals surface area contributed by atoms with E-state index >= 15 is 0 Å². The zero-order valence-corrected chi connectivity index (χ0v) is 31.7. The Kier molecular flexibility index (Phi) is 24.2. The Balaban J connectivity index is 0.000000693. The summed E-state index contributed by atoms with van der Waals surface area (Å²) in [5.41, 5.74) is 38.2. The predicted octanol–water partition coefficient (Wildman–Crippen LogP) is 0.536. The molecule has 4 aromatic rings. The lowest BCUT2D eigenvalue weighted by molar-refractivity contribution is -0.142. The van der Waals surface area contributed by atoms with E-state index < -0.39 is 59.5 Å². The van der Waals surface area contributed by atoms with Crippen molar-refractivity contribution >= 4 is 40.6 Å². The second-order valence-corrected chi connectivity index (χ2v) is 13.0. The SMILES string of the molecule is CC(C)(N)C(=O)O.NCCCC[C@H](N)C(N)=O.N[C@@H](Cc1c[nH]cn1)C(=O)O.N[C@@H](Cc1ccc2ccccc2c1)C(=O)O.N[C@H](Cc1ccccc1)C(=O)O. The molecule has 3 aromatic carbocycles. The molecule has 0 aliphatic carbocycles. The van der Waals surface area contributed by atoms with Crippen molar-refractivity contribution in [1.29, 1.82) is 0 Å². The number of carbonyl (C=O) groups is 5. The van der Waals surface area contributed by atoms with Crippen molar-refractivity contribution in [1.82, 2.24) is 9.97 Å². The molecular formula is C38H57N9O9. The first-order valence-electron chi connectivity index (χ1n) is 17.4. The average molecular weight is 784 g/mol. The van der Waals surface area contributed by atoms with Crippen LogP contribution in [0.1, 0.15) is 49.9 Å². The first-order valence-corrected chi connectivity index (χ1v) is 17.4. The third kappa shape index (κ3) is 23.1. The molecule has 56 heavy (non-hydrogen) atoms. The summed E-state index contributed by atoms with van der Waals surface area (Å²) in [7, 11) is 0. The average Bonchev–Trinajstić information content (AvgIpc) is 3.65. The van der Waals surface area contributed by atoms with Gasteiger partial charge in [0.25, 0.3) is 0 Å². The number of H-pyrrole nitrogens is 1. The number of carbonyl (C=O) groups excluding carboxylic acids is 1. The number of fused-ring (bicyclic) bond motifs is 1. The molecule has 0 spiro atoms. The fraction of sp³-hybridized carbons (Fsp3) is 0.368. The number of unbranched alkanes of at least 4 members (excludes halogenated alkanes) is 1. The van der Waals surface area contributed by atoms with E-state index in [4.69, 9.17) is 60.6 Å². The van der Waals surface area contributed by atoms with Gasteiger partial charge in [-0.2, -0.15) is 0 Å². The Morgan fingerprint density at radius 1 is 0.679 bits per heavy atom. The smallest absolute Gasteiger partial charge is 0.323 e. The summed E-state index contributed by atoms with van der Waals surface area (Å²) in [5, 5.41) is 36.0. The van der Waals surface area contributed by atoms with Gasteiger partial charge in [-0.3, -0.25) is 24.0 Å². The molecule has 1 aromatic heterocycles. The number of carboxylic acid groups (broad SMARTS) is 4. The minimum atomic E-state index is -1.08. The van der Waals surface area contributed by atoms with Gasteiger partial charge in [0.1, 0.15) is 23.7 Å². The number of aromatic nitrogens is 2. The highest BCUT2D eigenvalue weighted by Gasteiger charge is 2.19. The van der Waals surface area contributed by atoms with Crippen LogP contribution in [0.25, 0.3) is 10.8 Å². The van der Waals surface area contributed by atoms with E-state index in [1.165, 1.54) is 20.2 Å². The quantitative estimate of drug-likeness (QED) is 0.0732. The number of aliphatic carboxylic acids is 4. The van der Waals surface area contributed by atoms with E-state index in [2.05, 4.69) is 9.97 Å². The molecule has 19 N–H and O–H groups in total. The predicted molar refractivity (Wildman–Crippen MR) is 213 cm³/mol. The van der Waals surface area contributed by atoms with Crippen molar-refractivity contribution in [2.45, 2.75) is 82.1 Å². The maximum absolute atomic E-state index is 10.6. The van der Waals surface area contributed by atoms with Crippen LogP contribution >= 0.6 is 0 Å². The lowest BCUT2D eigenvalue weighted by Gasteiger charge is -2.09. The van der Waals surface area contributed by atoms with Gasteiger partial charge >= 0.3 is 23.9 Å². The van der Waals surface area contributed by atoms with Crippen molar-refractivity contribution in [2.24, 2.45) is 40.1 Å². The largest absolute Gasteiger partial charge is 0.480 e. The van der Waals surface area contributed by atoms with Crippen molar-refractivity contribution in [3.63, 3.8) is 0 Å². The highest BCUT2D eigenvalue weighted by molar-refractivity contribution is 5.83. The number of imidazole rings is 1. The van der Waals surface area contributed by atoms with Gasteiger partial charge in [0.05, 0.1) is 18.1 Å². The van der Waals surface area contributed by atoms with Crippen LogP contribution in [0.3, 0.4) is 0 Å². The Hall–Kier alpha value is -5.76. The van der Waals surface area contributed by atoms with Crippen LogP contribution in [0.15, 0.2) is 85.3 Å². The molecule has 18 heteroatoms. The minimum Gasteiger partial charge on any atom is -0.480 e. The summed E-state index contributed by atoms with van der Waals surface area (Å²) in [6.45, 7) is 3.52. The summed E-state index contributed by atoms with van der Waals surface area (Å²) in [5.74, 6) is -4.34. The number of aromatic amines is 1. The van der Waals surface area contributed by atoms with E-state index in [0.29, 0.717) is 31.5 Å². The molecule has 0 saturated carbocycles. The third-order valence-corrected chi connectivity index (χ3v) is 7.39. The van der Waals surface area contributed by atoms with Gasteiger partial charge in [-0.25, -0.2) is 4.98 Å². The van der Waals surface area contributed by atoms with Crippen molar-refractivity contribution in [3.8, 4) is 0 Å². The second kappa shape index (κ2) is 26.9. The van der Waals surface area contributed by atoms with Gasteiger partial charge in [0.15, 0.2) is 0 Å². The van der Waals surface area contributed by atoms with Crippen molar-refractivity contribution in [3.05, 3.63) is 102 Å². The molecule has 0 bridgehead atoms. The Morgan fingerprint density at radius 2 is 1.16 bits per heavy atom.